The minimum Gasteiger partial charge on any atom is -0.311 e. The Labute approximate surface area is 101 Å². The molecule has 1 N–H and O–H groups in total. The Kier molecular flexibility index (Phi) is 4.69. The Hall–Kier alpha value is -0.520. The predicted octanol–water partition coefficient (Wildman–Crippen LogP) is 1.61. The van der Waals surface area contributed by atoms with Crippen LogP contribution in [0.2, 0.25) is 0 Å². The summed E-state index contributed by atoms with van der Waals surface area (Å²) in [6.45, 7) is 4.12. The third kappa shape index (κ3) is 3.23. The molecule has 0 radical (unpaired) electrons. The van der Waals surface area contributed by atoms with Crippen molar-refractivity contribution in [2.24, 2.45) is 4.99 Å². The summed E-state index contributed by atoms with van der Waals surface area (Å²) in [5.41, 5.74) is 0. The molecule has 5 heteroatoms. The van der Waals surface area contributed by atoms with E-state index in [-0.39, 0.29) is 5.37 Å². The molecule has 0 bridgehead atoms. The average molecular weight is 241 g/mol. The van der Waals surface area contributed by atoms with Crippen molar-refractivity contribution in [2.75, 3.05) is 18.8 Å². The van der Waals surface area contributed by atoms with Crippen LogP contribution in [-0.2, 0) is 4.84 Å². The fourth-order valence-corrected chi connectivity index (χ4v) is 2.57. The second-order valence-electron chi connectivity index (χ2n) is 3.96. The van der Waals surface area contributed by atoms with Crippen LogP contribution >= 0.6 is 11.8 Å². The third-order valence-corrected chi connectivity index (χ3v) is 3.76. The normalized spacial score (nSPS) is 24.8. The van der Waals surface area contributed by atoms with Gasteiger partial charge in [0.25, 0.3) is 0 Å². The smallest absolute Gasteiger partial charge is 0.136 e. The van der Waals surface area contributed by atoms with E-state index >= 15 is 0 Å². The summed E-state index contributed by atoms with van der Waals surface area (Å²) in [6, 6.07) is 0. The Bertz CT molecular complexity index is 266. The highest BCUT2D eigenvalue weighted by atomic mass is 32.2. The zero-order valence-electron chi connectivity index (χ0n) is 9.63. The van der Waals surface area contributed by atoms with Crippen LogP contribution < -0.4 is 5.32 Å². The summed E-state index contributed by atoms with van der Waals surface area (Å²) >= 11 is 1.89. The summed E-state index contributed by atoms with van der Waals surface area (Å²) in [6.07, 6.45) is 8.46. The van der Waals surface area contributed by atoms with Crippen LogP contribution in [0.4, 0.5) is 0 Å². The number of hydrogen-bond donors (Lipinski definition) is 1. The molecule has 2 heterocycles. The first-order valence-corrected chi connectivity index (χ1v) is 6.92. The van der Waals surface area contributed by atoms with E-state index in [9.17, 15) is 0 Å². The Morgan fingerprint density at radius 3 is 3.12 bits per heavy atom. The molecule has 1 saturated heterocycles. The van der Waals surface area contributed by atoms with E-state index < -0.39 is 0 Å². The summed E-state index contributed by atoms with van der Waals surface area (Å²) in [5, 5.41) is 5.36. The average Bonchev–Trinajstić information content (AvgIpc) is 2.25. The van der Waals surface area contributed by atoms with Crippen molar-refractivity contribution in [3.05, 3.63) is 12.4 Å². The fraction of sp³-hybridized carbons (Fsp3) is 0.727. The molecule has 0 aliphatic carbocycles. The lowest BCUT2D eigenvalue weighted by Gasteiger charge is -2.35. The van der Waals surface area contributed by atoms with Gasteiger partial charge in [0.15, 0.2) is 0 Å². The van der Waals surface area contributed by atoms with Crippen LogP contribution in [0, 0.1) is 0 Å². The van der Waals surface area contributed by atoms with Gasteiger partial charge in [-0.15, -0.1) is 11.8 Å². The van der Waals surface area contributed by atoms with Gasteiger partial charge in [-0.05, 0) is 12.2 Å². The Morgan fingerprint density at radius 1 is 1.56 bits per heavy atom. The second kappa shape index (κ2) is 6.27. The minimum atomic E-state index is 0.233. The second-order valence-corrected chi connectivity index (χ2v) is 5.18. The zero-order chi connectivity index (χ0) is 11.2. The molecule has 0 aromatic rings. The highest BCUT2D eigenvalue weighted by Crippen LogP contribution is 2.20. The number of aliphatic imine (C=N–C) groups is 1. The molecular weight excluding hydrogens is 222 g/mol. The highest BCUT2D eigenvalue weighted by molar-refractivity contribution is 8.00. The van der Waals surface area contributed by atoms with Crippen molar-refractivity contribution >= 4 is 18.0 Å². The predicted molar refractivity (Wildman–Crippen MR) is 68.4 cm³/mol. The van der Waals surface area contributed by atoms with Crippen LogP contribution in [0.15, 0.2) is 17.4 Å². The van der Waals surface area contributed by atoms with Gasteiger partial charge in [-0.1, -0.05) is 13.3 Å². The molecule has 0 aromatic carbocycles. The van der Waals surface area contributed by atoms with Gasteiger partial charge < -0.3 is 5.32 Å². The van der Waals surface area contributed by atoms with Crippen LogP contribution in [0.25, 0.3) is 0 Å². The van der Waals surface area contributed by atoms with Crippen molar-refractivity contribution in [1.82, 2.24) is 10.4 Å². The fourth-order valence-electron chi connectivity index (χ4n) is 1.45. The van der Waals surface area contributed by atoms with Gasteiger partial charge in [0.05, 0.1) is 0 Å². The quantitative estimate of drug-likeness (QED) is 0.717. The number of hydrogen-bond acceptors (Lipinski definition) is 5. The van der Waals surface area contributed by atoms with E-state index in [4.69, 9.17) is 4.84 Å². The van der Waals surface area contributed by atoms with Crippen LogP contribution in [0.1, 0.15) is 19.8 Å². The number of thioether (sulfide) groups is 1. The highest BCUT2D eigenvalue weighted by Gasteiger charge is 2.24. The number of unbranched alkanes of at least 4 members (excludes halogenated alkanes) is 1. The maximum absolute atomic E-state index is 5.84. The van der Waals surface area contributed by atoms with Crippen molar-refractivity contribution in [2.45, 2.75) is 31.2 Å². The van der Waals surface area contributed by atoms with Gasteiger partial charge in [-0.3, -0.25) is 9.83 Å². The molecule has 16 heavy (non-hydrogen) atoms. The molecule has 0 amide bonds. The Balaban J connectivity index is 1.77. The molecule has 90 valence electrons. The summed E-state index contributed by atoms with van der Waals surface area (Å²) < 4.78 is 0. The molecule has 0 aromatic heterocycles. The number of nitrogens with one attached hydrogen (secondary N) is 1. The van der Waals surface area contributed by atoms with Gasteiger partial charge in [-0.2, -0.15) is 0 Å². The molecule has 0 saturated carbocycles. The molecule has 0 spiro atoms. The molecular formula is C11H19N3OS. The SMILES string of the molecule is CCCCSC1C=NC=CN1OC1CNC1. The van der Waals surface area contributed by atoms with Gasteiger partial charge in [0, 0.05) is 31.7 Å². The van der Waals surface area contributed by atoms with Gasteiger partial charge in [-0.25, -0.2) is 5.06 Å². The maximum Gasteiger partial charge on any atom is 0.136 e. The zero-order valence-corrected chi connectivity index (χ0v) is 10.4. The lowest BCUT2D eigenvalue weighted by atomic mass is 10.2. The van der Waals surface area contributed by atoms with Crippen LogP contribution in [0.5, 0.6) is 0 Å². The summed E-state index contributed by atoms with van der Waals surface area (Å²) in [5.74, 6) is 1.16. The lowest BCUT2D eigenvalue weighted by molar-refractivity contribution is -0.175. The summed E-state index contributed by atoms with van der Waals surface area (Å²) in [7, 11) is 0. The van der Waals surface area contributed by atoms with Crippen molar-refractivity contribution < 1.29 is 4.84 Å². The van der Waals surface area contributed by atoms with E-state index in [1.807, 2.05) is 29.2 Å². The molecule has 1 unspecified atom stereocenters. The van der Waals surface area contributed by atoms with Crippen LogP contribution in [-0.4, -0.2) is 41.6 Å². The molecule has 4 nitrogen and oxygen atoms in total. The first-order valence-electron chi connectivity index (χ1n) is 5.87. The van der Waals surface area contributed by atoms with E-state index in [1.54, 1.807) is 6.20 Å². The monoisotopic (exact) mass is 241 g/mol. The largest absolute Gasteiger partial charge is 0.311 e. The first kappa shape index (κ1) is 12.0. The molecule has 2 rings (SSSR count). The van der Waals surface area contributed by atoms with Crippen molar-refractivity contribution in [3.8, 4) is 0 Å². The van der Waals surface area contributed by atoms with Crippen LogP contribution in [0.3, 0.4) is 0 Å². The number of rotatable bonds is 6. The van der Waals surface area contributed by atoms with E-state index in [0.717, 1.165) is 18.8 Å². The van der Waals surface area contributed by atoms with E-state index in [2.05, 4.69) is 17.2 Å². The summed E-state index contributed by atoms with van der Waals surface area (Å²) in [4.78, 5) is 10.0. The number of hydroxylamine groups is 2. The lowest BCUT2D eigenvalue weighted by Crippen LogP contribution is -2.52. The molecule has 1 fully saturated rings. The minimum absolute atomic E-state index is 0.233. The van der Waals surface area contributed by atoms with Gasteiger partial charge in [0.1, 0.15) is 11.5 Å². The van der Waals surface area contributed by atoms with Crippen molar-refractivity contribution in [3.63, 3.8) is 0 Å². The Morgan fingerprint density at radius 2 is 2.44 bits per heavy atom. The van der Waals surface area contributed by atoms with E-state index in [0.29, 0.717) is 6.10 Å². The van der Waals surface area contributed by atoms with Gasteiger partial charge in [0.2, 0.25) is 0 Å². The van der Waals surface area contributed by atoms with Crippen molar-refractivity contribution in [1.29, 1.82) is 0 Å². The van der Waals surface area contributed by atoms with Gasteiger partial charge >= 0.3 is 0 Å². The third-order valence-electron chi connectivity index (χ3n) is 2.57. The topological polar surface area (TPSA) is 36.9 Å². The number of nitrogens with zero attached hydrogens (tertiary/aromatic N) is 2. The standard InChI is InChI=1S/C11H19N3OS/c1-2-3-6-16-11-9-12-4-5-14(11)15-10-7-13-8-10/h4-5,9-11,13H,2-3,6-8H2,1H3. The maximum atomic E-state index is 5.84. The molecule has 2 aliphatic rings. The molecule has 1 atom stereocenters. The van der Waals surface area contributed by atoms with E-state index in [1.165, 1.54) is 12.8 Å². The first-order chi connectivity index (χ1) is 7.90. The molecule has 2 aliphatic heterocycles.